The summed E-state index contributed by atoms with van der Waals surface area (Å²) in [6, 6.07) is 11.6. The molecule has 1 heterocycles. The molecule has 7 nitrogen and oxygen atoms in total. The van der Waals surface area contributed by atoms with Gasteiger partial charge in [0.05, 0.1) is 16.0 Å². The summed E-state index contributed by atoms with van der Waals surface area (Å²) in [6.07, 6.45) is 0.526. The van der Waals surface area contributed by atoms with E-state index in [0.29, 0.717) is 6.42 Å². The quantitative estimate of drug-likeness (QED) is 0.747. The summed E-state index contributed by atoms with van der Waals surface area (Å²) in [4.78, 5) is 27.0. The molecule has 2 aromatic carbocycles. The van der Waals surface area contributed by atoms with Gasteiger partial charge < -0.3 is 4.90 Å². The lowest BCUT2D eigenvalue weighted by Gasteiger charge is -2.16. The van der Waals surface area contributed by atoms with Crippen LogP contribution in [0.4, 0.5) is 5.69 Å². The van der Waals surface area contributed by atoms with Crippen LogP contribution in [0.5, 0.6) is 0 Å². The molecule has 148 valence electrons. The van der Waals surface area contributed by atoms with Crippen LogP contribution in [0.1, 0.15) is 33.2 Å². The van der Waals surface area contributed by atoms with E-state index >= 15 is 0 Å². The molecule has 1 aliphatic heterocycles. The lowest BCUT2D eigenvalue weighted by Crippen LogP contribution is -2.34. The third-order valence-corrected chi connectivity index (χ3v) is 6.31. The Morgan fingerprint density at radius 1 is 1.00 bits per heavy atom. The van der Waals surface area contributed by atoms with Crippen molar-refractivity contribution in [1.29, 1.82) is 0 Å². The number of imide groups is 1. The molecule has 2 amide bonds. The van der Waals surface area contributed by atoms with Crippen LogP contribution in [0.3, 0.4) is 0 Å². The maximum atomic E-state index is 12.7. The lowest BCUT2D eigenvalue weighted by atomic mass is 10.1. The van der Waals surface area contributed by atoms with Crippen LogP contribution in [0, 0.1) is 0 Å². The van der Waals surface area contributed by atoms with Crippen molar-refractivity contribution in [2.24, 2.45) is 0 Å². The molecule has 0 fully saturated rings. The Labute approximate surface area is 165 Å². The van der Waals surface area contributed by atoms with Crippen molar-refractivity contribution in [3.8, 4) is 0 Å². The zero-order valence-electron chi connectivity index (χ0n) is 16.3. The molecule has 1 aliphatic rings. The molecule has 28 heavy (non-hydrogen) atoms. The van der Waals surface area contributed by atoms with Gasteiger partial charge >= 0.3 is 0 Å². The summed E-state index contributed by atoms with van der Waals surface area (Å²) >= 11 is 0. The van der Waals surface area contributed by atoms with Gasteiger partial charge in [-0.2, -0.15) is 0 Å². The van der Waals surface area contributed by atoms with Crippen molar-refractivity contribution in [2.75, 3.05) is 26.0 Å². The summed E-state index contributed by atoms with van der Waals surface area (Å²) in [6.45, 7) is 1.78. The largest absolute Gasteiger partial charge is 0.378 e. The molecule has 0 aromatic heterocycles. The lowest BCUT2D eigenvalue weighted by molar-refractivity contribution is 0.0693. The molecule has 0 aliphatic carbocycles. The monoisotopic (exact) mass is 401 g/mol. The predicted octanol–water partition coefficient (Wildman–Crippen LogP) is 1.89. The zero-order chi connectivity index (χ0) is 20.6. The van der Waals surface area contributed by atoms with Crippen LogP contribution in [0.15, 0.2) is 47.4 Å². The number of hydrogen-bond donors (Lipinski definition) is 1. The summed E-state index contributed by atoms with van der Waals surface area (Å²) in [5.41, 5.74) is 2.42. The fourth-order valence-electron chi connectivity index (χ4n) is 3.17. The van der Waals surface area contributed by atoms with Crippen molar-refractivity contribution in [1.82, 2.24) is 9.62 Å². The minimum absolute atomic E-state index is 0.0301. The molecule has 0 radical (unpaired) electrons. The van der Waals surface area contributed by atoms with Gasteiger partial charge in [0, 0.05) is 32.9 Å². The number of nitrogens with zero attached hydrogens (tertiary/aromatic N) is 2. The van der Waals surface area contributed by atoms with Gasteiger partial charge in [-0.05, 0) is 49.2 Å². The molecule has 1 atom stereocenters. The Hall–Kier alpha value is -2.71. The average Bonchev–Trinajstić information content (AvgIpc) is 2.85. The minimum Gasteiger partial charge on any atom is -0.378 e. The Kier molecular flexibility index (Phi) is 5.27. The topological polar surface area (TPSA) is 86.8 Å². The van der Waals surface area contributed by atoms with Gasteiger partial charge in [0.2, 0.25) is 10.0 Å². The zero-order valence-corrected chi connectivity index (χ0v) is 17.1. The van der Waals surface area contributed by atoms with Crippen molar-refractivity contribution in [2.45, 2.75) is 24.3 Å². The Morgan fingerprint density at radius 2 is 1.61 bits per heavy atom. The van der Waals surface area contributed by atoms with E-state index in [1.165, 1.54) is 25.2 Å². The maximum absolute atomic E-state index is 12.7. The molecular formula is C20H23N3O4S. The molecule has 8 heteroatoms. The van der Waals surface area contributed by atoms with E-state index in [1.807, 2.05) is 43.3 Å². The number of anilines is 1. The number of hydrogen-bond acceptors (Lipinski definition) is 5. The van der Waals surface area contributed by atoms with E-state index in [1.54, 1.807) is 6.92 Å². The predicted molar refractivity (Wildman–Crippen MR) is 107 cm³/mol. The van der Waals surface area contributed by atoms with E-state index in [9.17, 15) is 18.0 Å². The Morgan fingerprint density at radius 3 is 2.21 bits per heavy atom. The number of carbonyl (C=O) groups is 2. The Bertz CT molecular complexity index is 1030. The second-order valence-corrected chi connectivity index (χ2v) is 8.88. The molecule has 1 unspecified atom stereocenters. The third-order valence-electron chi connectivity index (χ3n) is 4.72. The second kappa shape index (κ2) is 7.37. The van der Waals surface area contributed by atoms with Gasteiger partial charge in [0.15, 0.2) is 0 Å². The highest BCUT2D eigenvalue weighted by Crippen LogP contribution is 2.24. The first-order chi connectivity index (χ1) is 13.1. The molecular weight excluding hydrogens is 378 g/mol. The summed E-state index contributed by atoms with van der Waals surface area (Å²) in [5.74, 6) is -0.919. The van der Waals surface area contributed by atoms with E-state index in [4.69, 9.17) is 0 Å². The van der Waals surface area contributed by atoms with Gasteiger partial charge in [0.25, 0.3) is 11.8 Å². The number of benzene rings is 2. The van der Waals surface area contributed by atoms with Crippen molar-refractivity contribution >= 4 is 27.5 Å². The van der Waals surface area contributed by atoms with E-state index in [2.05, 4.69) is 4.72 Å². The van der Waals surface area contributed by atoms with E-state index < -0.39 is 21.8 Å². The second-order valence-electron chi connectivity index (χ2n) is 7.16. The van der Waals surface area contributed by atoms with Crippen LogP contribution in [-0.2, 0) is 16.4 Å². The molecule has 0 saturated carbocycles. The van der Waals surface area contributed by atoms with Crippen LogP contribution in [0.25, 0.3) is 0 Å². The van der Waals surface area contributed by atoms with Crippen LogP contribution in [0.2, 0.25) is 0 Å². The SMILES string of the molecule is CC(Cc1ccc(N(C)C)cc1)NS(=O)(=O)c1ccc2c(c1)C(=O)N(C)C2=O. The van der Waals surface area contributed by atoms with Crippen LogP contribution < -0.4 is 9.62 Å². The smallest absolute Gasteiger partial charge is 0.261 e. The standard InChI is InChI=1S/C20H23N3O4S/c1-13(11-14-5-7-15(8-6-14)22(2)3)21-28(26,27)16-9-10-17-18(12-16)20(25)23(4)19(17)24/h5-10,12-13,21H,11H2,1-4H3. The van der Waals surface area contributed by atoms with Gasteiger partial charge in [0.1, 0.15) is 0 Å². The van der Waals surface area contributed by atoms with Crippen molar-refractivity contribution in [3.05, 3.63) is 59.2 Å². The molecule has 0 saturated heterocycles. The number of amides is 2. The highest BCUT2D eigenvalue weighted by atomic mass is 32.2. The minimum atomic E-state index is -3.82. The van der Waals surface area contributed by atoms with Gasteiger partial charge in [-0.25, -0.2) is 13.1 Å². The first kappa shape index (κ1) is 20.0. The fourth-order valence-corrected chi connectivity index (χ4v) is 4.44. The molecule has 3 rings (SSSR count). The molecule has 2 aromatic rings. The van der Waals surface area contributed by atoms with Gasteiger partial charge in [-0.15, -0.1) is 0 Å². The molecule has 0 spiro atoms. The fraction of sp³-hybridized carbons (Fsp3) is 0.300. The van der Waals surface area contributed by atoms with Crippen molar-refractivity contribution < 1.29 is 18.0 Å². The van der Waals surface area contributed by atoms with Crippen LogP contribution in [-0.4, -0.2) is 52.3 Å². The number of sulfonamides is 1. The number of carbonyl (C=O) groups excluding carboxylic acids is 2. The average molecular weight is 401 g/mol. The first-order valence-corrected chi connectivity index (χ1v) is 10.3. The molecule has 0 bridgehead atoms. The number of fused-ring (bicyclic) bond motifs is 1. The summed E-state index contributed by atoms with van der Waals surface area (Å²) < 4.78 is 28.1. The summed E-state index contributed by atoms with van der Waals surface area (Å²) in [5, 5.41) is 0. The normalized spacial score (nSPS) is 14.9. The number of nitrogens with one attached hydrogen (secondary N) is 1. The number of rotatable bonds is 6. The van der Waals surface area contributed by atoms with Crippen LogP contribution >= 0.6 is 0 Å². The van der Waals surface area contributed by atoms with Gasteiger partial charge in [-0.3, -0.25) is 14.5 Å². The van der Waals surface area contributed by atoms with E-state index in [0.717, 1.165) is 16.2 Å². The van der Waals surface area contributed by atoms with E-state index in [-0.39, 0.29) is 22.1 Å². The third kappa shape index (κ3) is 3.79. The first-order valence-electron chi connectivity index (χ1n) is 8.85. The maximum Gasteiger partial charge on any atom is 0.261 e. The highest BCUT2D eigenvalue weighted by molar-refractivity contribution is 7.89. The molecule has 1 N–H and O–H groups in total. The Balaban J connectivity index is 1.75. The highest BCUT2D eigenvalue weighted by Gasteiger charge is 2.34. The van der Waals surface area contributed by atoms with Gasteiger partial charge in [-0.1, -0.05) is 12.1 Å². The van der Waals surface area contributed by atoms with Crippen molar-refractivity contribution in [3.63, 3.8) is 0 Å². The summed E-state index contributed by atoms with van der Waals surface area (Å²) in [7, 11) is 1.47.